The Morgan fingerprint density at radius 3 is 1.33 bits per heavy atom. The molecule has 0 nitrogen and oxygen atoms in total. The molecule has 0 unspecified atom stereocenters. The molecule has 0 rings (SSSR count). The molecule has 0 bridgehead atoms. The van der Waals surface area contributed by atoms with Gasteiger partial charge in [-0.25, -0.2) is 0 Å². The molecule has 0 atom stereocenters. The second-order valence-corrected chi connectivity index (χ2v) is 4.85. The summed E-state index contributed by atoms with van der Waals surface area (Å²) >= 11 is 0. The summed E-state index contributed by atoms with van der Waals surface area (Å²) in [5, 5.41) is 0. The summed E-state index contributed by atoms with van der Waals surface area (Å²) in [6.07, 6.45) is 26.5. The van der Waals surface area contributed by atoms with Crippen LogP contribution in [0.5, 0.6) is 0 Å². The quantitative estimate of drug-likeness (QED) is 0.270. The van der Waals surface area contributed by atoms with Crippen molar-refractivity contribution < 1.29 is 0 Å². The van der Waals surface area contributed by atoms with Crippen molar-refractivity contribution in [3.63, 3.8) is 0 Å². The first-order valence-electron chi connectivity index (χ1n) is 7.86. The van der Waals surface area contributed by atoms with E-state index in [1.54, 1.807) is 0 Å². The van der Waals surface area contributed by atoms with Crippen molar-refractivity contribution in [3.05, 3.63) is 36.5 Å². The van der Waals surface area contributed by atoms with Gasteiger partial charge in [-0.3, -0.25) is 0 Å². The highest BCUT2D eigenvalue weighted by atomic mass is 13.9. The molecule has 0 aliphatic rings. The van der Waals surface area contributed by atoms with Gasteiger partial charge >= 0.3 is 0 Å². The van der Waals surface area contributed by atoms with E-state index in [4.69, 9.17) is 0 Å². The van der Waals surface area contributed by atoms with E-state index in [0.717, 1.165) is 0 Å². The van der Waals surface area contributed by atoms with E-state index in [1.165, 1.54) is 64.2 Å². The van der Waals surface area contributed by atoms with Crippen molar-refractivity contribution in [1.82, 2.24) is 0 Å². The van der Waals surface area contributed by atoms with Gasteiger partial charge in [0, 0.05) is 0 Å². The van der Waals surface area contributed by atoms with E-state index in [2.05, 4.69) is 50.3 Å². The number of hydrogen-bond acceptors (Lipinski definition) is 0. The maximum absolute atomic E-state index is 2.34. The Labute approximate surface area is 115 Å². The number of hydrogen-bond donors (Lipinski definition) is 0. The molecule has 0 N–H and O–H groups in total. The van der Waals surface area contributed by atoms with Crippen LogP contribution < -0.4 is 0 Å². The number of rotatable bonds is 12. The first kappa shape index (κ1) is 17.2. The standard InChI is InChI=1S/C18H32/c1-3-5-7-9-11-13-15-17-18-16-14-12-10-8-6-4-2/h7,9,12,14-15,17H,3-6,8,10-11,13,16,18H2,1-2H3. The topological polar surface area (TPSA) is 0 Å². The molecule has 0 aliphatic heterocycles. The predicted molar refractivity (Wildman–Crippen MR) is 84.9 cm³/mol. The zero-order valence-electron chi connectivity index (χ0n) is 12.5. The van der Waals surface area contributed by atoms with Crippen LogP contribution in [-0.4, -0.2) is 0 Å². The fourth-order valence-electron chi connectivity index (χ4n) is 1.77. The lowest BCUT2D eigenvalue weighted by molar-refractivity contribution is 0.728. The van der Waals surface area contributed by atoms with Crippen molar-refractivity contribution in [2.24, 2.45) is 0 Å². The summed E-state index contributed by atoms with van der Waals surface area (Å²) in [6.45, 7) is 4.48. The lowest BCUT2D eigenvalue weighted by Crippen LogP contribution is -1.71. The summed E-state index contributed by atoms with van der Waals surface area (Å²) in [4.78, 5) is 0. The van der Waals surface area contributed by atoms with Crippen LogP contribution >= 0.6 is 0 Å². The average Bonchev–Trinajstić information content (AvgIpc) is 2.39. The van der Waals surface area contributed by atoms with Crippen LogP contribution in [0.3, 0.4) is 0 Å². The number of allylic oxidation sites excluding steroid dienone is 6. The first-order valence-corrected chi connectivity index (χ1v) is 7.86. The molecule has 0 fully saturated rings. The third kappa shape index (κ3) is 15.2. The molecule has 18 heavy (non-hydrogen) atoms. The van der Waals surface area contributed by atoms with Gasteiger partial charge in [0.1, 0.15) is 0 Å². The Morgan fingerprint density at radius 1 is 0.444 bits per heavy atom. The van der Waals surface area contributed by atoms with Crippen molar-refractivity contribution >= 4 is 0 Å². The summed E-state index contributed by atoms with van der Waals surface area (Å²) in [7, 11) is 0. The second-order valence-electron chi connectivity index (χ2n) is 4.85. The Morgan fingerprint density at radius 2 is 0.889 bits per heavy atom. The fraction of sp³-hybridized carbons (Fsp3) is 0.667. The molecule has 0 radical (unpaired) electrons. The van der Waals surface area contributed by atoms with Gasteiger partial charge in [0.15, 0.2) is 0 Å². The van der Waals surface area contributed by atoms with E-state index in [9.17, 15) is 0 Å². The van der Waals surface area contributed by atoms with Gasteiger partial charge in [0.25, 0.3) is 0 Å². The molecule has 0 aromatic heterocycles. The normalized spacial score (nSPS) is 12.3. The average molecular weight is 248 g/mol. The Balaban J connectivity index is 3.22. The van der Waals surface area contributed by atoms with Crippen LogP contribution in [0.25, 0.3) is 0 Å². The number of unbranched alkanes of at least 4 members (excludes halogenated alkanes) is 6. The van der Waals surface area contributed by atoms with Gasteiger partial charge < -0.3 is 0 Å². The molecule has 0 spiro atoms. The van der Waals surface area contributed by atoms with Crippen LogP contribution in [0.4, 0.5) is 0 Å². The summed E-state index contributed by atoms with van der Waals surface area (Å²) in [6, 6.07) is 0. The van der Waals surface area contributed by atoms with Crippen LogP contribution in [0.1, 0.15) is 78.1 Å². The molecular formula is C18H32. The molecule has 0 aromatic carbocycles. The lowest BCUT2D eigenvalue weighted by atomic mass is 10.1. The SMILES string of the molecule is CCCC=CCCC=CCCC=CCCCCC. The van der Waals surface area contributed by atoms with E-state index < -0.39 is 0 Å². The van der Waals surface area contributed by atoms with E-state index in [-0.39, 0.29) is 0 Å². The smallest absolute Gasteiger partial charge is 0.0316 e. The Bertz CT molecular complexity index is 220. The minimum atomic E-state index is 1.19. The highest BCUT2D eigenvalue weighted by Crippen LogP contribution is 2.02. The first-order chi connectivity index (χ1) is 8.91. The largest absolute Gasteiger partial charge is 0.0885 e. The molecule has 104 valence electrons. The molecule has 0 heterocycles. The van der Waals surface area contributed by atoms with Gasteiger partial charge in [0.2, 0.25) is 0 Å². The van der Waals surface area contributed by atoms with Crippen molar-refractivity contribution in [2.45, 2.75) is 78.1 Å². The van der Waals surface area contributed by atoms with E-state index >= 15 is 0 Å². The second kappa shape index (κ2) is 16.2. The summed E-state index contributed by atoms with van der Waals surface area (Å²) in [5.74, 6) is 0. The summed E-state index contributed by atoms with van der Waals surface area (Å²) in [5.41, 5.74) is 0. The van der Waals surface area contributed by atoms with Gasteiger partial charge in [-0.05, 0) is 44.9 Å². The third-order valence-corrected chi connectivity index (χ3v) is 2.93. The lowest BCUT2D eigenvalue weighted by Gasteiger charge is -1.92. The maximum atomic E-state index is 2.34. The molecule has 0 saturated heterocycles. The Kier molecular flexibility index (Phi) is 15.5. The van der Waals surface area contributed by atoms with Crippen molar-refractivity contribution in [3.8, 4) is 0 Å². The van der Waals surface area contributed by atoms with Gasteiger partial charge in [-0.1, -0.05) is 69.6 Å². The molecule has 0 heteroatoms. The molecule has 0 aromatic rings. The summed E-state index contributed by atoms with van der Waals surface area (Å²) < 4.78 is 0. The van der Waals surface area contributed by atoms with Crippen molar-refractivity contribution in [2.75, 3.05) is 0 Å². The fourth-order valence-corrected chi connectivity index (χ4v) is 1.77. The molecule has 0 aliphatic carbocycles. The van der Waals surface area contributed by atoms with Crippen molar-refractivity contribution in [1.29, 1.82) is 0 Å². The molecule has 0 saturated carbocycles. The van der Waals surface area contributed by atoms with E-state index in [1.807, 2.05) is 0 Å². The van der Waals surface area contributed by atoms with E-state index in [0.29, 0.717) is 0 Å². The zero-order valence-corrected chi connectivity index (χ0v) is 12.5. The minimum Gasteiger partial charge on any atom is -0.0885 e. The van der Waals surface area contributed by atoms with Gasteiger partial charge in [-0.2, -0.15) is 0 Å². The minimum absolute atomic E-state index is 1.19. The molecule has 0 amide bonds. The maximum Gasteiger partial charge on any atom is -0.0316 e. The highest BCUT2D eigenvalue weighted by molar-refractivity contribution is 4.90. The van der Waals surface area contributed by atoms with Crippen LogP contribution in [0.2, 0.25) is 0 Å². The highest BCUT2D eigenvalue weighted by Gasteiger charge is 1.82. The van der Waals surface area contributed by atoms with Crippen LogP contribution in [0, 0.1) is 0 Å². The van der Waals surface area contributed by atoms with Crippen LogP contribution in [-0.2, 0) is 0 Å². The van der Waals surface area contributed by atoms with Gasteiger partial charge in [0.05, 0.1) is 0 Å². The molecular weight excluding hydrogens is 216 g/mol. The third-order valence-electron chi connectivity index (χ3n) is 2.93. The van der Waals surface area contributed by atoms with Gasteiger partial charge in [-0.15, -0.1) is 0 Å². The monoisotopic (exact) mass is 248 g/mol. The van der Waals surface area contributed by atoms with Crippen LogP contribution in [0.15, 0.2) is 36.5 Å². The Hall–Kier alpha value is -0.780. The predicted octanol–water partition coefficient (Wildman–Crippen LogP) is 6.60. The zero-order chi connectivity index (χ0) is 13.3.